The smallest absolute Gasteiger partial charge is 0.227 e. The van der Waals surface area contributed by atoms with Crippen LogP contribution < -0.4 is 15.5 Å². The maximum atomic E-state index is 6.35. The van der Waals surface area contributed by atoms with Crippen LogP contribution in [0.15, 0.2) is 24.5 Å². The molecule has 3 N–H and O–H groups in total. The van der Waals surface area contributed by atoms with E-state index < -0.39 is 0 Å². The van der Waals surface area contributed by atoms with Crippen molar-refractivity contribution in [2.75, 3.05) is 23.3 Å². The first kappa shape index (κ1) is 14.9. The van der Waals surface area contributed by atoms with Crippen molar-refractivity contribution >= 4 is 40.0 Å². The first-order chi connectivity index (χ1) is 12.2. The zero-order chi connectivity index (χ0) is 17.0. The highest BCUT2D eigenvalue weighted by Crippen LogP contribution is 2.35. The fourth-order valence-corrected chi connectivity index (χ4v) is 3.94. The van der Waals surface area contributed by atoms with Crippen LogP contribution >= 0.6 is 11.6 Å². The van der Waals surface area contributed by atoms with E-state index in [1.54, 1.807) is 6.20 Å². The number of piperidine rings is 1. The van der Waals surface area contributed by atoms with Crippen molar-refractivity contribution in [1.29, 1.82) is 0 Å². The van der Waals surface area contributed by atoms with Crippen LogP contribution in [-0.2, 0) is 0 Å². The summed E-state index contributed by atoms with van der Waals surface area (Å²) in [5.74, 6) is 1.38. The van der Waals surface area contributed by atoms with Crippen molar-refractivity contribution in [2.45, 2.75) is 25.4 Å². The van der Waals surface area contributed by atoms with E-state index in [0.717, 1.165) is 41.2 Å². The summed E-state index contributed by atoms with van der Waals surface area (Å²) >= 11 is 6.35. The summed E-state index contributed by atoms with van der Waals surface area (Å²) in [5.41, 5.74) is 3.08. The molecule has 2 unspecified atom stereocenters. The summed E-state index contributed by atoms with van der Waals surface area (Å²) < 4.78 is 0. The highest BCUT2D eigenvalue weighted by atomic mass is 35.5. The van der Waals surface area contributed by atoms with Gasteiger partial charge in [-0.1, -0.05) is 11.6 Å². The van der Waals surface area contributed by atoms with Gasteiger partial charge in [0.25, 0.3) is 0 Å². The third-order valence-electron chi connectivity index (χ3n) is 5.20. The minimum atomic E-state index is 0.483. The Morgan fingerprint density at radius 2 is 2.08 bits per heavy atom. The average molecular weight is 356 g/mol. The van der Waals surface area contributed by atoms with Gasteiger partial charge in [-0.3, -0.25) is 5.10 Å². The Bertz CT molecular complexity index is 939. The lowest BCUT2D eigenvalue weighted by atomic mass is 9.89. The Morgan fingerprint density at radius 1 is 1.24 bits per heavy atom. The van der Waals surface area contributed by atoms with E-state index >= 15 is 0 Å². The van der Waals surface area contributed by atoms with Crippen LogP contribution in [0.1, 0.15) is 12.0 Å². The number of hydrogen-bond acceptors (Lipinski definition) is 6. The Hall–Kier alpha value is -2.38. The number of hydrogen-bond donors (Lipinski definition) is 3. The number of halogens is 1. The lowest BCUT2D eigenvalue weighted by Gasteiger charge is -2.53. The van der Waals surface area contributed by atoms with E-state index in [1.165, 1.54) is 6.42 Å². The van der Waals surface area contributed by atoms with Gasteiger partial charge in [0.1, 0.15) is 5.02 Å². The van der Waals surface area contributed by atoms with Crippen LogP contribution in [0.2, 0.25) is 5.02 Å². The van der Waals surface area contributed by atoms with Crippen molar-refractivity contribution in [1.82, 2.24) is 25.5 Å². The summed E-state index contributed by atoms with van der Waals surface area (Å²) in [6.07, 6.45) is 4.72. The molecule has 0 saturated carbocycles. The Labute approximate surface area is 149 Å². The minimum absolute atomic E-state index is 0.483. The number of benzene rings is 1. The molecule has 0 radical (unpaired) electrons. The first-order valence-electron chi connectivity index (χ1n) is 8.42. The van der Waals surface area contributed by atoms with Gasteiger partial charge in [0.15, 0.2) is 5.82 Å². The van der Waals surface area contributed by atoms with Gasteiger partial charge in [-0.15, -0.1) is 0 Å². The molecule has 25 heavy (non-hydrogen) atoms. The molecule has 8 heteroatoms. The van der Waals surface area contributed by atoms with Crippen molar-refractivity contribution in [3.05, 3.63) is 35.1 Å². The van der Waals surface area contributed by atoms with Gasteiger partial charge in [0.05, 0.1) is 17.9 Å². The van der Waals surface area contributed by atoms with E-state index in [2.05, 4.69) is 37.6 Å². The fraction of sp³-hybridized carbons (Fsp3) is 0.353. The number of H-pyrrole nitrogens is 1. The molecule has 0 spiro atoms. The van der Waals surface area contributed by atoms with Crippen molar-refractivity contribution in [3.8, 4) is 0 Å². The molecule has 7 nitrogen and oxygen atoms in total. The maximum absolute atomic E-state index is 6.35. The number of nitrogens with zero attached hydrogens (tertiary/aromatic N) is 4. The number of aryl methyl sites for hydroxylation is 1. The van der Waals surface area contributed by atoms with Crippen molar-refractivity contribution < 1.29 is 0 Å². The third-order valence-corrected chi connectivity index (χ3v) is 5.48. The van der Waals surface area contributed by atoms with Crippen molar-refractivity contribution in [3.63, 3.8) is 0 Å². The number of aromatic nitrogens is 4. The quantitative estimate of drug-likeness (QED) is 0.670. The lowest BCUT2D eigenvalue weighted by Crippen LogP contribution is -2.68. The highest BCUT2D eigenvalue weighted by molar-refractivity contribution is 6.33. The number of anilines is 3. The summed E-state index contributed by atoms with van der Waals surface area (Å²) in [4.78, 5) is 11.4. The molecule has 128 valence electrons. The molecule has 5 rings (SSSR count). The van der Waals surface area contributed by atoms with Crippen LogP contribution in [0.4, 0.5) is 17.5 Å². The average Bonchev–Trinajstić information content (AvgIpc) is 3.10. The molecule has 0 amide bonds. The topological polar surface area (TPSA) is 81.8 Å². The second-order valence-electron chi connectivity index (χ2n) is 6.67. The second-order valence-corrected chi connectivity index (χ2v) is 7.08. The Morgan fingerprint density at radius 3 is 2.88 bits per heavy atom. The van der Waals surface area contributed by atoms with Gasteiger partial charge in [-0.25, -0.2) is 4.98 Å². The van der Waals surface area contributed by atoms with Crippen LogP contribution in [-0.4, -0.2) is 45.3 Å². The van der Waals surface area contributed by atoms with Gasteiger partial charge in [0, 0.05) is 36.2 Å². The largest absolute Gasteiger partial charge is 0.339 e. The number of piperazine rings is 1. The SMILES string of the molecule is Cc1c(Nc2nc(N3C4CNCC3C4)ncc2Cl)ccc2[nH]ncc12. The van der Waals surface area contributed by atoms with Crippen molar-refractivity contribution in [2.24, 2.45) is 0 Å². The van der Waals surface area contributed by atoms with Crippen LogP contribution in [0.5, 0.6) is 0 Å². The van der Waals surface area contributed by atoms with E-state index in [9.17, 15) is 0 Å². The van der Waals surface area contributed by atoms with Crippen LogP contribution in [0.3, 0.4) is 0 Å². The van der Waals surface area contributed by atoms with Gasteiger partial charge >= 0.3 is 0 Å². The molecular weight excluding hydrogens is 338 g/mol. The van der Waals surface area contributed by atoms with Crippen LogP contribution in [0.25, 0.3) is 10.9 Å². The summed E-state index contributed by atoms with van der Waals surface area (Å²) in [6.45, 7) is 4.03. The molecule has 2 saturated heterocycles. The number of nitrogens with one attached hydrogen (secondary N) is 3. The summed E-state index contributed by atoms with van der Waals surface area (Å²) in [6, 6.07) is 4.98. The molecule has 2 aliphatic heterocycles. The molecule has 2 fully saturated rings. The zero-order valence-corrected chi connectivity index (χ0v) is 14.5. The van der Waals surface area contributed by atoms with Gasteiger partial charge in [-0.05, 0) is 31.0 Å². The third kappa shape index (κ3) is 2.34. The molecule has 2 aromatic heterocycles. The highest BCUT2D eigenvalue weighted by Gasteiger charge is 2.42. The minimum Gasteiger partial charge on any atom is -0.339 e. The molecule has 3 aromatic rings. The van der Waals surface area contributed by atoms with E-state index in [0.29, 0.717) is 22.9 Å². The number of rotatable bonds is 3. The molecule has 0 aliphatic carbocycles. The van der Waals surface area contributed by atoms with Gasteiger partial charge in [-0.2, -0.15) is 10.1 Å². The molecule has 4 heterocycles. The normalized spacial score (nSPS) is 22.1. The monoisotopic (exact) mass is 355 g/mol. The molecule has 1 aromatic carbocycles. The lowest BCUT2D eigenvalue weighted by molar-refractivity contribution is 0.258. The second kappa shape index (κ2) is 5.57. The Balaban J connectivity index is 1.48. The standard InChI is InChI=1S/C17H18ClN7/c1-9-12-7-21-24-15(12)3-2-14(9)22-16-13(18)8-20-17(23-16)25-10-4-11(25)6-19-5-10/h2-3,7-8,10-11,19H,4-6H2,1H3,(H,21,24)(H,20,22,23). The predicted molar refractivity (Wildman–Crippen MR) is 98.7 cm³/mol. The van der Waals surface area contributed by atoms with E-state index in [4.69, 9.17) is 16.6 Å². The fourth-order valence-electron chi connectivity index (χ4n) is 3.80. The summed E-state index contributed by atoms with van der Waals surface area (Å²) in [7, 11) is 0. The molecule has 2 bridgehead atoms. The van der Waals surface area contributed by atoms with E-state index in [1.807, 2.05) is 18.3 Å². The molecule has 2 atom stereocenters. The summed E-state index contributed by atoms with van der Waals surface area (Å²) in [5, 5.41) is 15.5. The van der Waals surface area contributed by atoms with Crippen LogP contribution in [0, 0.1) is 6.92 Å². The first-order valence-corrected chi connectivity index (χ1v) is 8.80. The van der Waals surface area contributed by atoms with E-state index in [-0.39, 0.29) is 0 Å². The van der Waals surface area contributed by atoms with Gasteiger partial charge < -0.3 is 15.5 Å². The molecule has 2 aliphatic rings. The maximum Gasteiger partial charge on any atom is 0.227 e. The Kier molecular flexibility index (Phi) is 3.33. The number of fused-ring (bicyclic) bond motifs is 3. The predicted octanol–water partition coefficient (Wildman–Crippen LogP) is 2.61. The zero-order valence-electron chi connectivity index (χ0n) is 13.8. The molecular formula is C17H18ClN7. The van der Waals surface area contributed by atoms with Gasteiger partial charge in [0.2, 0.25) is 5.95 Å². The number of aromatic amines is 1.